The van der Waals surface area contributed by atoms with Crippen LogP contribution in [0.4, 0.5) is 4.39 Å². The van der Waals surface area contributed by atoms with Crippen molar-refractivity contribution in [3.63, 3.8) is 0 Å². The fourth-order valence-electron chi connectivity index (χ4n) is 1.68. The molecule has 4 nitrogen and oxygen atoms in total. The lowest BCUT2D eigenvalue weighted by molar-refractivity contribution is -0.123. The zero-order chi connectivity index (χ0) is 16.7. The van der Waals surface area contributed by atoms with Gasteiger partial charge >= 0.3 is 0 Å². The van der Waals surface area contributed by atoms with Crippen molar-refractivity contribution in [3.05, 3.63) is 57.8 Å². The number of amides is 1. The van der Waals surface area contributed by atoms with Crippen LogP contribution in [0.15, 0.2) is 46.9 Å². The minimum Gasteiger partial charge on any atom is -0.492 e. The van der Waals surface area contributed by atoms with Crippen molar-refractivity contribution in [3.8, 4) is 11.5 Å². The van der Waals surface area contributed by atoms with Crippen molar-refractivity contribution in [2.45, 2.75) is 0 Å². The molecule has 0 saturated carbocycles. The Morgan fingerprint density at radius 1 is 1.17 bits per heavy atom. The van der Waals surface area contributed by atoms with Gasteiger partial charge in [0, 0.05) is 4.47 Å². The van der Waals surface area contributed by atoms with E-state index in [0.29, 0.717) is 23.1 Å². The molecule has 0 aliphatic carbocycles. The van der Waals surface area contributed by atoms with Gasteiger partial charge in [0.15, 0.2) is 6.61 Å². The van der Waals surface area contributed by atoms with Crippen molar-refractivity contribution in [1.82, 2.24) is 5.32 Å². The highest BCUT2D eigenvalue weighted by atomic mass is 79.9. The number of ether oxygens (including phenoxy) is 2. The van der Waals surface area contributed by atoms with Gasteiger partial charge < -0.3 is 14.8 Å². The van der Waals surface area contributed by atoms with Gasteiger partial charge in [-0.2, -0.15) is 0 Å². The highest BCUT2D eigenvalue weighted by molar-refractivity contribution is 9.10. The maximum atomic E-state index is 12.7. The number of nitrogens with one attached hydrogen (secondary N) is 1. The molecule has 2 aromatic carbocycles. The minimum absolute atomic E-state index is 0.141. The highest BCUT2D eigenvalue weighted by Crippen LogP contribution is 2.27. The second-order valence-electron chi connectivity index (χ2n) is 4.52. The Hall–Kier alpha value is -1.79. The molecular formula is C16H14BrClFNO3. The van der Waals surface area contributed by atoms with Crippen LogP contribution in [0.2, 0.25) is 5.02 Å². The first-order chi connectivity index (χ1) is 11.0. The third-order valence-corrected chi connectivity index (χ3v) is 3.55. The Balaban J connectivity index is 1.66. The van der Waals surface area contributed by atoms with Crippen LogP contribution in [-0.4, -0.2) is 25.7 Å². The fourth-order valence-corrected chi connectivity index (χ4v) is 2.40. The van der Waals surface area contributed by atoms with Crippen molar-refractivity contribution in [2.75, 3.05) is 19.8 Å². The van der Waals surface area contributed by atoms with Gasteiger partial charge in [0.2, 0.25) is 0 Å². The topological polar surface area (TPSA) is 47.6 Å². The van der Waals surface area contributed by atoms with Gasteiger partial charge in [0.25, 0.3) is 5.91 Å². The molecule has 122 valence electrons. The lowest BCUT2D eigenvalue weighted by Gasteiger charge is -2.10. The molecule has 2 aromatic rings. The number of carbonyl (C=O) groups excluding carboxylic acids is 1. The van der Waals surface area contributed by atoms with Crippen LogP contribution in [-0.2, 0) is 4.79 Å². The monoisotopic (exact) mass is 401 g/mol. The third-order valence-electron chi connectivity index (χ3n) is 2.76. The zero-order valence-electron chi connectivity index (χ0n) is 12.0. The first kappa shape index (κ1) is 17.6. The summed E-state index contributed by atoms with van der Waals surface area (Å²) in [7, 11) is 0. The van der Waals surface area contributed by atoms with Gasteiger partial charge in [-0.25, -0.2) is 4.39 Å². The molecule has 0 aliphatic rings. The van der Waals surface area contributed by atoms with Crippen LogP contribution in [0.1, 0.15) is 0 Å². The van der Waals surface area contributed by atoms with Crippen LogP contribution in [0.3, 0.4) is 0 Å². The number of hydrogen-bond donors (Lipinski definition) is 1. The maximum Gasteiger partial charge on any atom is 0.258 e. The molecule has 0 radical (unpaired) electrons. The summed E-state index contributed by atoms with van der Waals surface area (Å²) in [5.74, 6) is 0.368. The molecule has 0 spiro atoms. The fraction of sp³-hybridized carbons (Fsp3) is 0.188. The molecule has 1 amide bonds. The van der Waals surface area contributed by atoms with E-state index < -0.39 is 0 Å². The van der Waals surface area contributed by atoms with Gasteiger partial charge in [0.1, 0.15) is 23.9 Å². The Kier molecular flexibility index (Phi) is 6.67. The maximum absolute atomic E-state index is 12.7. The summed E-state index contributed by atoms with van der Waals surface area (Å²) in [5.41, 5.74) is 0. The highest BCUT2D eigenvalue weighted by Gasteiger charge is 2.06. The normalized spacial score (nSPS) is 10.2. The van der Waals surface area contributed by atoms with Gasteiger partial charge in [-0.05, 0) is 42.5 Å². The molecule has 7 heteroatoms. The molecular weight excluding hydrogens is 389 g/mol. The lowest BCUT2D eigenvalue weighted by atomic mass is 10.3. The predicted octanol–water partition coefficient (Wildman–Crippen LogP) is 3.82. The molecule has 23 heavy (non-hydrogen) atoms. The minimum atomic E-state index is -0.325. The standard InChI is InChI=1S/C16H14BrClFNO3/c17-11-1-6-15(14(18)9-11)23-10-16(21)20-7-8-22-13-4-2-12(19)3-5-13/h1-6,9H,7-8,10H2,(H,20,21). The van der Waals surface area contributed by atoms with Crippen molar-refractivity contribution in [2.24, 2.45) is 0 Å². The van der Waals surface area contributed by atoms with E-state index >= 15 is 0 Å². The van der Waals surface area contributed by atoms with E-state index in [-0.39, 0.29) is 24.9 Å². The molecule has 1 N–H and O–H groups in total. The van der Waals surface area contributed by atoms with Gasteiger partial charge in [-0.1, -0.05) is 27.5 Å². The van der Waals surface area contributed by atoms with Crippen molar-refractivity contribution >= 4 is 33.4 Å². The summed E-state index contributed by atoms with van der Waals surface area (Å²) in [6, 6.07) is 10.8. The summed E-state index contributed by atoms with van der Waals surface area (Å²) in [6.07, 6.45) is 0. The second kappa shape index (κ2) is 8.74. The van der Waals surface area contributed by atoms with Crippen LogP contribution in [0.25, 0.3) is 0 Å². The van der Waals surface area contributed by atoms with Gasteiger partial charge in [-0.15, -0.1) is 0 Å². The number of rotatable bonds is 7. The molecule has 0 saturated heterocycles. The van der Waals surface area contributed by atoms with E-state index in [0.717, 1.165) is 4.47 Å². The first-order valence-corrected chi connectivity index (χ1v) is 7.94. The quantitative estimate of drug-likeness (QED) is 0.716. The second-order valence-corrected chi connectivity index (χ2v) is 5.84. The van der Waals surface area contributed by atoms with E-state index in [1.807, 2.05) is 0 Å². The molecule has 0 bridgehead atoms. The molecule has 0 aliphatic heterocycles. The Morgan fingerprint density at radius 3 is 2.61 bits per heavy atom. The van der Waals surface area contributed by atoms with E-state index in [1.54, 1.807) is 18.2 Å². The number of benzene rings is 2. The summed E-state index contributed by atoms with van der Waals surface area (Å²) in [4.78, 5) is 11.7. The average Bonchev–Trinajstić information content (AvgIpc) is 2.52. The molecule has 0 heterocycles. The number of hydrogen-bond acceptors (Lipinski definition) is 3. The van der Waals surface area contributed by atoms with Crippen LogP contribution in [0, 0.1) is 5.82 Å². The number of carbonyl (C=O) groups is 1. The summed E-state index contributed by atoms with van der Waals surface area (Å²) in [5, 5.41) is 3.07. The first-order valence-electron chi connectivity index (χ1n) is 6.77. The number of halogens is 3. The smallest absolute Gasteiger partial charge is 0.258 e. The Morgan fingerprint density at radius 2 is 1.91 bits per heavy atom. The SMILES string of the molecule is O=C(COc1ccc(Br)cc1Cl)NCCOc1ccc(F)cc1. The molecule has 0 fully saturated rings. The Bertz CT molecular complexity index is 667. The van der Waals surface area contributed by atoms with Crippen LogP contribution < -0.4 is 14.8 Å². The van der Waals surface area contributed by atoms with Crippen LogP contribution >= 0.6 is 27.5 Å². The van der Waals surface area contributed by atoms with E-state index in [4.69, 9.17) is 21.1 Å². The third kappa shape index (κ3) is 6.08. The van der Waals surface area contributed by atoms with Crippen LogP contribution in [0.5, 0.6) is 11.5 Å². The predicted molar refractivity (Wildman–Crippen MR) is 89.6 cm³/mol. The molecule has 2 rings (SSSR count). The largest absolute Gasteiger partial charge is 0.492 e. The summed E-state index contributed by atoms with van der Waals surface area (Å²) in [6.45, 7) is 0.446. The van der Waals surface area contributed by atoms with Crippen molar-refractivity contribution in [1.29, 1.82) is 0 Å². The zero-order valence-corrected chi connectivity index (χ0v) is 14.4. The summed E-state index contributed by atoms with van der Waals surface area (Å²) < 4.78 is 24.2. The average molecular weight is 403 g/mol. The molecule has 0 aromatic heterocycles. The van der Waals surface area contributed by atoms with E-state index in [1.165, 1.54) is 24.3 Å². The van der Waals surface area contributed by atoms with Crippen molar-refractivity contribution < 1.29 is 18.7 Å². The van der Waals surface area contributed by atoms with E-state index in [2.05, 4.69) is 21.2 Å². The Labute approximate surface area is 146 Å². The molecule has 0 unspecified atom stereocenters. The molecule has 0 atom stereocenters. The summed E-state index contributed by atoms with van der Waals surface area (Å²) >= 11 is 9.27. The van der Waals surface area contributed by atoms with Gasteiger partial charge in [-0.3, -0.25) is 4.79 Å². The van der Waals surface area contributed by atoms with E-state index in [9.17, 15) is 9.18 Å². The lowest BCUT2D eigenvalue weighted by Crippen LogP contribution is -2.32. The van der Waals surface area contributed by atoms with Gasteiger partial charge in [0.05, 0.1) is 11.6 Å².